The smallest absolute Gasteiger partial charge is 0.184 e. The molecule has 0 amide bonds. The zero-order chi connectivity index (χ0) is 46.2. The van der Waals surface area contributed by atoms with Crippen LogP contribution in [0.2, 0.25) is 0 Å². The Morgan fingerprint density at radius 1 is 0.286 bits per heavy atom. The fourth-order valence-electron chi connectivity index (χ4n) is 12.4. The van der Waals surface area contributed by atoms with Crippen molar-refractivity contribution in [2.45, 2.75) is 0 Å². The number of aromatic nitrogens is 2. The highest BCUT2D eigenvalue weighted by atomic mass is 28.3. The van der Waals surface area contributed by atoms with Crippen LogP contribution in [-0.4, -0.2) is 25.3 Å². The number of para-hydroxylation sites is 3. The Bertz CT molecular complexity index is 3990. The Morgan fingerprint density at radius 3 is 1.39 bits per heavy atom. The first kappa shape index (κ1) is 40.5. The van der Waals surface area contributed by atoms with Crippen LogP contribution in [0.15, 0.2) is 279 Å². The van der Waals surface area contributed by atoms with Gasteiger partial charge in [0, 0.05) is 32.9 Å². The number of hydrogen-bond donors (Lipinski definition) is 0. The number of rotatable bonds is 8. The Morgan fingerprint density at radius 2 is 0.757 bits per heavy atom. The standard InChI is InChI=1S/C66H46N2Si2/c1-6-22-47(23-7-1)48-38-40-54(41-39-48)70(53-30-14-5-15-31-53)64-37-21-20-36-63(64)68-61-35-19-17-33-57(61)59-44-49(45-65(70)66(59)68)67-60-34-18-16-32-56(60)58-46-55(42-43-62(58)67)69(50-24-8-2-9-25-50,51-26-10-3-11-27-51)52-28-12-4-13-29-52/h1-46H. The lowest BCUT2D eigenvalue weighted by Crippen LogP contribution is -2.76. The molecule has 13 aromatic rings. The highest BCUT2D eigenvalue weighted by molar-refractivity contribution is 7.21. The zero-order valence-electron chi connectivity index (χ0n) is 38.5. The fourth-order valence-corrected chi connectivity index (χ4v) is 22.3. The first-order valence-corrected chi connectivity index (χ1v) is 28.3. The molecule has 2 nitrogen and oxygen atoms in total. The third-order valence-electron chi connectivity index (χ3n) is 15.3. The Hall–Kier alpha value is -8.55. The van der Waals surface area contributed by atoms with Crippen LogP contribution >= 0.6 is 0 Å². The van der Waals surface area contributed by atoms with Crippen LogP contribution in [-0.2, 0) is 0 Å². The second-order valence-electron chi connectivity index (χ2n) is 18.8. The van der Waals surface area contributed by atoms with Gasteiger partial charge < -0.3 is 9.13 Å². The maximum Gasteiger partial charge on any atom is 0.184 e. The summed E-state index contributed by atoms with van der Waals surface area (Å²) in [6.45, 7) is 0. The van der Waals surface area contributed by atoms with Gasteiger partial charge in [0.1, 0.15) is 0 Å². The molecule has 328 valence electrons. The van der Waals surface area contributed by atoms with E-state index in [0.717, 1.165) is 0 Å². The summed E-state index contributed by atoms with van der Waals surface area (Å²) in [6.07, 6.45) is 0. The molecule has 0 saturated heterocycles. The van der Waals surface area contributed by atoms with E-state index in [-0.39, 0.29) is 0 Å². The predicted octanol–water partition coefficient (Wildman–Crippen LogP) is 10.6. The summed E-state index contributed by atoms with van der Waals surface area (Å²) in [7, 11) is -5.85. The fraction of sp³-hybridized carbons (Fsp3) is 0. The van der Waals surface area contributed by atoms with E-state index in [1.54, 1.807) is 0 Å². The number of benzene rings is 11. The summed E-state index contributed by atoms with van der Waals surface area (Å²) >= 11 is 0. The molecule has 1 atom stereocenters. The molecule has 3 heterocycles. The molecule has 0 spiro atoms. The van der Waals surface area contributed by atoms with Crippen LogP contribution < -0.4 is 41.5 Å². The van der Waals surface area contributed by atoms with E-state index in [1.165, 1.54) is 108 Å². The summed E-state index contributed by atoms with van der Waals surface area (Å²) < 4.78 is 5.14. The van der Waals surface area contributed by atoms with Gasteiger partial charge >= 0.3 is 0 Å². The molecule has 14 rings (SSSR count). The molecule has 0 N–H and O–H groups in total. The van der Waals surface area contributed by atoms with E-state index in [0.29, 0.717) is 0 Å². The van der Waals surface area contributed by atoms with Gasteiger partial charge in [0.05, 0.1) is 22.1 Å². The molecule has 70 heavy (non-hydrogen) atoms. The van der Waals surface area contributed by atoms with E-state index in [4.69, 9.17) is 0 Å². The second-order valence-corrected chi connectivity index (χ2v) is 26.3. The van der Waals surface area contributed by atoms with Crippen LogP contribution in [0.4, 0.5) is 0 Å². The average molecular weight is 923 g/mol. The molecule has 4 heteroatoms. The van der Waals surface area contributed by atoms with Crippen molar-refractivity contribution in [3.63, 3.8) is 0 Å². The Labute approximate surface area is 409 Å². The molecule has 2 aromatic heterocycles. The lowest BCUT2D eigenvalue weighted by Gasteiger charge is -2.40. The molecular weight excluding hydrogens is 877 g/mol. The number of fused-ring (bicyclic) bond motifs is 8. The highest BCUT2D eigenvalue weighted by Gasteiger charge is 2.48. The minimum atomic E-state index is -3.05. The van der Waals surface area contributed by atoms with E-state index in [2.05, 4.69) is 288 Å². The Balaban J connectivity index is 1.09. The van der Waals surface area contributed by atoms with E-state index >= 15 is 0 Å². The zero-order valence-corrected chi connectivity index (χ0v) is 40.5. The van der Waals surface area contributed by atoms with Crippen molar-refractivity contribution in [2.75, 3.05) is 0 Å². The molecule has 0 fully saturated rings. The maximum absolute atomic E-state index is 3.05. The lowest BCUT2D eigenvalue weighted by molar-refractivity contribution is 1.17. The average Bonchev–Trinajstić information content (AvgIpc) is 3.96. The molecule has 11 aromatic carbocycles. The van der Waals surface area contributed by atoms with Crippen molar-refractivity contribution >= 4 is 101 Å². The first-order chi connectivity index (χ1) is 34.7. The summed E-state index contributed by atoms with van der Waals surface area (Å²) in [4.78, 5) is 0. The molecule has 1 unspecified atom stereocenters. The van der Waals surface area contributed by atoms with Gasteiger partial charge in [-0.25, -0.2) is 0 Å². The van der Waals surface area contributed by atoms with Gasteiger partial charge in [-0.15, -0.1) is 0 Å². The van der Waals surface area contributed by atoms with Gasteiger partial charge in [-0.3, -0.25) is 0 Å². The van der Waals surface area contributed by atoms with Crippen LogP contribution in [0.1, 0.15) is 0 Å². The van der Waals surface area contributed by atoms with Gasteiger partial charge in [-0.1, -0.05) is 243 Å². The van der Waals surface area contributed by atoms with Crippen molar-refractivity contribution in [3.8, 4) is 22.5 Å². The van der Waals surface area contributed by atoms with Crippen molar-refractivity contribution in [2.24, 2.45) is 0 Å². The van der Waals surface area contributed by atoms with E-state index in [1.807, 2.05) is 0 Å². The topological polar surface area (TPSA) is 9.86 Å². The summed E-state index contributed by atoms with van der Waals surface area (Å²) in [5.74, 6) is 0. The molecule has 0 saturated carbocycles. The van der Waals surface area contributed by atoms with Gasteiger partial charge in [0.25, 0.3) is 0 Å². The van der Waals surface area contributed by atoms with Crippen LogP contribution in [0.3, 0.4) is 0 Å². The van der Waals surface area contributed by atoms with Crippen molar-refractivity contribution < 1.29 is 0 Å². The molecule has 0 bridgehead atoms. The molecule has 0 aliphatic carbocycles. The van der Waals surface area contributed by atoms with Crippen LogP contribution in [0.25, 0.3) is 66.1 Å². The lowest BCUT2D eigenvalue weighted by atomic mass is 10.1. The Kier molecular flexibility index (Phi) is 9.28. The van der Waals surface area contributed by atoms with Crippen molar-refractivity contribution in [1.29, 1.82) is 0 Å². The minimum absolute atomic E-state index is 1.18. The third-order valence-corrected chi connectivity index (χ3v) is 24.9. The second kappa shape index (κ2) is 16.0. The van der Waals surface area contributed by atoms with Crippen LogP contribution in [0, 0.1) is 0 Å². The van der Waals surface area contributed by atoms with Gasteiger partial charge in [0.15, 0.2) is 16.1 Å². The van der Waals surface area contributed by atoms with Gasteiger partial charge in [0.2, 0.25) is 0 Å². The van der Waals surface area contributed by atoms with Crippen molar-refractivity contribution in [3.05, 3.63) is 279 Å². The van der Waals surface area contributed by atoms with Gasteiger partial charge in [-0.05, 0) is 89.0 Å². The summed E-state index contributed by atoms with van der Waals surface area (Å²) in [5.41, 5.74) is 9.83. The van der Waals surface area contributed by atoms with Crippen LogP contribution in [0.5, 0.6) is 0 Å². The van der Waals surface area contributed by atoms with Gasteiger partial charge in [-0.2, -0.15) is 0 Å². The minimum Gasteiger partial charge on any atom is -0.309 e. The quantitative estimate of drug-likeness (QED) is 0.106. The largest absolute Gasteiger partial charge is 0.309 e. The maximum atomic E-state index is 2.59. The molecule has 1 aliphatic rings. The van der Waals surface area contributed by atoms with Crippen molar-refractivity contribution in [1.82, 2.24) is 9.13 Å². The first-order valence-electron chi connectivity index (χ1n) is 24.3. The van der Waals surface area contributed by atoms with E-state index in [9.17, 15) is 0 Å². The number of hydrogen-bond acceptors (Lipinski definition) is 0. The predicted molar refractivity (Wildman–Crippen MR) is 301 cm³/mol. The normalized spacial score (nSPS) is 14.3. The van der Waals surface area contributed by atoms with E-state index < -0.39 is 16.1 Å². The summed E-state index contributed by atoms with van der Waals surface area (Å²) in [5, 5.41) is 16.1. The third kappa shape index (κ3) is 5.78. The monoisotopic (exact) mass is 922 g/mol. The number of nitrogens with zero attached hydrogens (tertiary/aromatic N) is 2. The molecular formula is C66H46N2Si2. The molecule has 0 radical (unpaired) electrons. The highest BCUT2D eigenvalue weighted by Crippen LogP contribution is 2.39. The summed E-state index contributed by atoms with van der Waals surface area (Å²) in [6, 6.07) is 106. The SMILES string of the molecule is c1ccc(-c2ccc([Si]3(c4ccccc4)c4ccccc4-n4c5ccccc5c5cc(-n6c7ccccc7c7cc([Si](c8ccccc8)(c8ccccc8)c8ccccc8)ccc76)cc3c54)cc2)cc1. The molecule has 1 aliphatic heterocycles.